The summed E-state index contributed by atoms with van der Waals surface area (Å²) in [4.78, 5) is 0. The maximum atomic E-state index is 14.8. The second kappa shape index (κ2) is 13.0. The molecule has 210 valence electrons. The topological polar surface area (TPSA) is 9.23 Å². The van der Waals surface area contributed by atoms with Crippen molar-refractivity contribution in [2.75, 3.05) is 0 Å². The van der Waals surface area contributed by atoms with Crippen LogP contribution in [0.3, 0.4) is 0 Å². The monoisotopic (exact) mass is 548 g/mol. The van der Waals surface area contributed by atoms with E-state index in [1.807, 2.05) is 0 Å². The van der Waals surface area contributed by atoms with Gasteiger partial charge in [-0.05, 0) is 67.6 Å². The minimum Gasteiger partial charge on any atom is -0.373 e. The SMILES string of the molecule is CCCCCc1ccc(C2CCC(OCc3ccc(-c4ccc(CC)c(F)c4F)c(F)c3F)CC2)c(F)c1F. The van der Waals surface area contributed by atoms with E-state index in [-0.39, 0.29) is 47.3 Å². The standard InChI is InChI=1S/C32H34F6O/c1-3-5-6-7-21-11-15-24(30(36)28(21)34)20-8-13-23(14-9-20)39-18-22-12-17-26(32(38)29(22)35)25-16-10-19(4-2)27(33)31(25)37/h10-12,15-17,20,23H,3-9,13-14,18H2,1-2H3. The third-order valence-corrected chi connectivity index (χ3v) is 7.83. The fourth-order valence-corrected chi connectivity index (χ4v) is 5.41. The summed E-state index contributed by atoms with van der Waals surface area (Å²) in [5, 5.41) is 0. The van der Waals surface area contributed by atoms with Crippen molar-refractivity contribution < 1.29 is 31.1 Å². The molecule has 0 heterocycles. The van der Waals surface area contributed by atoms with Crippen LogP contribution in [0, 0.1) is 34.9 Å². The first-order valence-electron chi connectivity index (χ1n) is 13.8. The molecule has 39 heavy (non-hydrogen) atoms. The molecule has 0 N–H and O–H groups in total. The number of hydrogen-bond acceptors (Lipinski definition) is 1. The molecule has 0 radical (unpaired) electrons. The molecule has 0 bridgehead atoms. The molecule has 1 aliphatic carbocycles. The van der Waals surface area contributed by atoms with Crippen LogP contribution in [0.15, 0.2) is 36.4 Å². The fourth-order valence-electron chi connectivity index (χ4n) is 5.41. The normalized spacial score (nSPS) is 17.5. The fraction of sp³-hybridized carbons (Fsp3) is 0.438. The summed E-state index contributed by atoms with van der Waals surface area (Å²) < 4.78 is 93.6. The van der Waals surface area contributed by atoms with Crippen molar-refractivity contribution in [2.45, 2.75) is 90.3 Å². The number of ether oxygens (including phenoxy) is 1. The third-order valence-electron chi connectivity index (χ3n) is 7.83. The van der Waals surface area contributed by atoms with Crippen molar-refractivity contribution in [2.24, 2.45) is 0 Å². The van der Waals surface area contributed by atoms with E-state index in [1.165, 1.54) is 24.3 Å². The van der Waals surface area contributed by atoms with Gasteiger partial charge in [0.25, 0.3) is 0 Å². The van der Waals surface area contributed by atoms with Crippen LogP contribution in [0.1, 0.15) is 87.0 Å². The van der Waals surface area contributed by atoms with Gasteiger partial charge in [-0.1, -0.05) is 63.1 Å². The zero-order valence-electron chi connectivity index (χ0n) is 22.4. The number of benzene rings is 3. The molecule has 0 atom stereocenters. The second-order valence-corrected chi connectivity index (χ2v) is 10.3. The summed E-state index contributed by atoms with van der Waals surface area (Å²) in [6.07, 6.45) is 5.67. The molecule has 4 rings (SSSR count). The molecule has 0 aromatic heterocycles. The van der Waals surface area contributed by atoms with Gasteiger partial charge in [-0.15, -0.1) is 0 Å². The predicted octanol–water partition coefficient (Wildman–Crippen LogP) is 9.73. The molecule has 0 amide bonds. The maximum Gasteiger partial charge on any atom is 0.167 e. The van der Waals surface area contributed by atoms with Crippen LogP contribution in [0.4, 0.5) is 26.3 Å². The van der Waals surface area contributed by atoms with Gasteiger partial charge in [0.1, 0.15) is 0 Å². The maximum absolute atomic E-state index is 14.8. The predicted molar refractivity (Wildman–Crippen MR) is 140 cm³/mol. The van der Waals surface area contributed by atoms with Crippen molar-refractivity contribution in [3.8, 4) is 11.1 Å². The Morgan fingerprint density at radius 3 is 1.79 bits per heavy atom. The van der Waals surface area contributed by atoms with Gasteiger partial charge in [-0.3, -0.25) is 0 Å². The van der Waals surface area contributed by atoms with E-state index in [1.54, 1.807) is 19.1 Å². The molecule has 1 saturated carbocycles. The Morgan fingerprint density at radius 2 is 1.18 bits per heavy atom. The van der Waals surface area contributed by atoms with Gasteiger partial charge in [-0.25, -0.2) is 26.3 Å². The van der Waals surface area contributed by atoms with Crippen LogP contribution >= 0.6 is 0 Å². The highest BCUT2D eigenvalue weighted by Gasteiger charge is 2.27. The van der Waals surface area contributed by atoms with Crippen LogP contribution in [0.2, 0.25) is 0 Å². The van der Waals surface area contributed by atoms with Crippen molar-refractivity contribution in [3.05, 3.63) is 93.6 Å². The minimum absolute atomic E-state index is 0.0313. The average molecular weight is 549 g/mol. The van der Waals surface area contributed by atoms with Gasteiger partial charge >= 0.3 is 0 Å². The number of hydrogen-bond donors (Lipinski definition) is 0. The van der Waals surface area contributed by atoms with Crippen LogP contribution in [0.25, 0.3) is 11.1 Å². The van der Waals surface area contributed by atoms with E-state index in [0.717, 1.165) is 19.3 Å². The van der Waals surface area contributed by atoms with Gasteiger partial charge in [-0.2, -0.15) is 0 Å². The van der Waals surface area contributed by atoms with Crippen molar-refractivity contribution >= 4 is 0 Å². The lowest BCUT2D eigenvalue weighted by atomic mass is 9.82. The Bertz CT molecular complexity index is 1300. The zero-order chi connectivity index (χ0) is 28.1. The summed E-state index contributed by atoms with van der Waals surface area (Å²) in [7, 11) is 0. The summed E-state index contributed by atoms with van der Waals surface area (Å²) >= 11 is 0. The Morgan fingerprint density at radius 1 is 0.615 bits per heavy atom. The van der Waals surface area contributed by atoms with Gasteiger partial charge in [0.15, 0.2) is 34.9 Å². The number of aryl methyl sites for hydroxylation is 2. The first-order chi connectivity index (χ1) is 18.8. The minimum atomic E-state index is -1.27. The molecule has 0 saturated heterocycles. The van der Waals surface area contributed by atoms with Gasteiger partial charge in [0, 0.05) is 16.7 Å². The van der Waals surface area contributed by atoms with E-state index in [9.17, 15) is 26.3 Å². The van der Waals surface area contributed by atoms with Crippen molar-refractivity contribution in [3.63, 3.8) is 0 Å². The summed E-state index contributed by atoms with van der Waals surface area (Å²) in [5.41, 5.74) is 0.212. The summed E-state index contributed by atoms with van der Waals surface area (Å²) in [6, 6.07) is 8.52. The van der Waals surface area contributed by atoms with Gasteiger partial charge < -0.3 is 4.74 Å². The Labute approximate surface area is 226 Å². The molecule has 3 aromatic carbocycles. The second-order valence-electron chi connectivity index (χ2n) is 10.3. The molecular formula is C32H34F6O. The van der Waals surface area contributed by atoms with Gasteiger partial charge in [0.2, 0.25) is 0 Å². The lowest BCUT2D eigenvalue weighted by molar-refractivity contribution is 0.0116. The lowest BCUT2D eigenvalue weighted by Gasteiger charge is -2.29. The zero-order valence-corrected chi connectivity index (χ0v) is 22.4. The number of halogens is 6. The van der Waals surface area contributed by atoms with Crippen molar-refractivity contribution in [1.82, 2.24) is 0 Å². The first-order valence-corrected chi connectivity index (χ1v) is 13.8. The van der Waals surface area contributed by atoms with Gasteiger partial charge in [0.05, 0.1) is 12.7 Å². The molecular weight excluding hydrogens is 514 g/mol. The van der Waals surface area contributed by atoms with E-state index in [0.29, 0.717) is 43.2 Å². The highest BCUT2D eigenvalue weighted by atomic mass is 19.2. The Kier molecular flexibility index (Phi) is 9.76. The van der Waals surface area contributed by atoms with Crippen LogP contribution in [-0.4, -0.2) is 6.10 Å². The molecule has 3 aromatic rings. The molecule has 0 unspecified atom stereocenters. The molecule has 7 heteroatoms. The Balaban J connectivity index is 1.37. The Hall–Kier alpha value is -2.80. The van der Waals surface area contributed by atoms with Crippen LogP contribution in [-0.2, 0) is 24.2 Å². The lowest BCUT2D eigenvalue weighted by Crippen LogP contribution is -2.22. The van der Waals surface area contributed by atoms with E-state index in [4.69, 9.17) is 4.74 Å². The highest BCUT2D eigenvalue weighted by Crippen LogP contribution is 2.37. The molecule has 0 spiro atoms. The smallest absolute Gasteiger partial charge is 0.167 e. The van der Waals surface area contributed by atoms with Crippen LogP contribution in [0.5, 0.6) is 0 Å². The molecule has 1 nitrogen and oxygen atoms in total. The largest absolute Gasteiger partial charge is 0.373 e. The molecule has 0 aliphatic heterocycles. The first kappa shape index (κ1) is 29.2. The van der Waals surface area contributed by atoms with E-state index >= 15 is 0 Å². The summed E-state index contributed by atoms with van der Waals surface area (Å²) in [6.45, 7) is 3.53. The average Bonchev–Trinajstić information content (AvgIpc) is 2.94. The highest BCUT2D eigenvalue weighted by molar-refractivity contribution is 5.66. The third kappa shape index (κ3) is 6.34. The van der Waals surface area contributed by atoms with Crippen molar-refractivity contribution in [1.29, 1.82) is 0 Å². The number of unbranched alkanes of at least 4 members (excludes halogenated alkanes) is 2. The quantitative estimate of drug-likeness (QED) is 0.181. The van der Waals surface area contributed by atoms with E-state index < -0.39 is 34.9 Å². The number of rotatable bonds is 10. The van der Waals surface area contributed by atoms with Crippen LogP contribution < -0.4 is 0 Å². The summed E-state index contributed by atoms with van der Waals surface area (Å²) in [5.74, 6) is -6.38. The molecule has 1 fully saturated rings. The van der Waals surface area contributed by atoms with E-state index in [2.05, 4.69) is 6.92 Å². The molecule has 1 aliphatic rings.